The third kappa shape index (κ3) is 3.06. The van der Waals surface area contributed by atoms with Crippen LogP contribution in [-0.2, 0) is 6.54 Å². The lowest BCUT2D eigenvalue weighted by molar-refractivity contribution is 0.235. The van der Waals surface area contributed by atoms with Crippen molar-refractivity contribution in [2.45, 2.75) is 45.7 Å². The van der Waals surface area contributed by atoms with Crippen molar-refractivity contribution in [3.8, 4) is 0 Å². The van der Waals surface area contributed by atoms with Gasteiger partial charge in [-0.2, -0.15) is 0 Å². The van der Waals surface area contributed by atoms with Crippen LogP contribution in [0.25, 0.3) is 0 Å². The minimum absolute atomic E-state index is 0.647. The van der Waals surface area contributed by atoms with E-state index >= 15 is 0 Å². The molecule has 2 rings (SSSR count). The van der Waals surface area contributed by atoms with Crippen LogP contribution in [0.5, 0.6) is 0 Å². The molecule has 0 amide bonds. The number of hydrogen-bond acceptors (Lipinski definition) is 3. The van der Waals surface area contributed by atoms with Crippen molar-refractivity contribution in [3.05, 3.63) is 18.4 Å². The molecule has 1 heterocycles. The van der Waals surface area contributed by atoms with Crippen LogP contribution in [0.15, 0.2) is 17.0 Å². The van der Waals surface area contributed by atoms with Crippen LogP contribution in [0.4, 0.5) is 0 Å². The van der Waals surface area contributed by atoms with E-state index in [1.165, 1.54) is 25.7 Å². The molecule has 0 radical (unpaired) electrons. The van der Waals surface area contributed by atoms with Crippen LogP contribution in [0.1, 0.15) is 38.9 Å². The Labute approximate surface area is 91.3 Å². The molecule has 2 unspecified atom stereocenters. The van der Waals surface area contributed by atoms with Crippen molar-refractivity contribution in [2.75, 3.05) is 0 Å². The number of aromatic nitrogens is 1. The molecule has 1 aromatic rings. The van der Waals surface area contributed by atoms with Gasteiger partial charge in [-0.3, -0.25) is 0 Å². The van der Waals surface area contributed by atoms with Crippen molar-refractivity contribution in [1.82, 2.24) is 10.3 Å². The van der Waals surface area contributed by atoms with E-state index in [0.717, 1.165) is 24.1 Å². The third-order valence-corrected chi connectivity index (χ3v) is 3.23. The molecule has 1 N–H and O–H groups in total. The molecule has 1 aromatic heterocycles. The topological polar surface area (TPSA) is 38.1 Å². The van der Waals surface area contributed by atoms with Gasteiger partial charge in [0.05, 0.1) is 12.7 Å². The number of nitrogens with zero attached hydrogens (tertiary/aromatic N) is 1. The summed E-state index contributed by atoms with van der Waals surface area (Å²) in [5, 5.41) is 3.55. The number of hydrogen-bond donors (Lipinski definition) is 1. The molecular formula is C12H20N2O. The lowest BCUT2D eigenvalue weighted by Gasteiger charge is -2.31. The summed E-state index contributed by atoms with van der Waals surface area (Å²) in [4.78, 5) is 3.91. The van der Waals surface area contributed by atoms with Crippen molar-refractivity contribution in [3.63, 3.8) is 0 Å². The Morgan fingerprint density at radius 1 is 1.33 bits per heavy atom. The molecule has 0 aromatic carbocycles. The van der Waals surface area contributed by atoms with Crippen molar-refractivity contribution >= 4 is 0 Å². The van der Waals surface area contributed by atoms with E-state index in [0.29, 0.717) is 6.04 Å². The largest absolute Gasteiger partial charge is 0.447 e. The zero-order chi connectivity index (χ0) is 10.7. The minimum Gasteiger partial charge on any atom is -0.447 e. The van der Waals surface area contributed by atoms with E-state index in [1.54, 1.807) is 6.20 Å². The normalized spacial score (nSPS) is 31.7. The van der Waals surface area contributed by atoms with Gasteiger partial charge in [0, 0.05) is 6.04 Å². The second-order valence-corrected chi connectivity index (χ2v) is 4.96. The van der Waals surface area contributed by atoms with E-state index in [1.807, 2.05) is 0 Å². The lowest BCUT2D eigenvalue weighted by atomic mass is 9.80. The molecule has 84 valence electrons. The van der Waals surface area contributed by atoms with E-state index in [-0.39, 0.29) is 0 Å². The van der Waals surface area contributed by atoms with Crippen molar-refractivity contribution in [2.24, 2.45) is 11.8 Å². The summed E-state index contributed by atoms with van der Waals surface area (Å²) in [6.07, 6.45) is 7.23. The standard InChI is InChI=1S/C12H20N2O/c1-9-3-10(2)5-11(4-9)14-7-12-6-13-8-15-12/h6,8-11,14H,3-5,7H2,1-2H3. The Balaban J connectivity index is 1.79. The summed E-state index contributed by atoms with van der Waals surface area (Å²) in [6, 6.07) is 0.647. The predicted molar refractivity (Wildman–Crippen MR) is 59.3 cm³/mol. The molecule has 1 fully saturated rings. The maximum Gasteiger partial charge on any atom is 0.180 e. The first-order valence-electron chi connectivity index (χ1n) is 5.84. The Bertz CT molecular complexity index is 274. The fourth-order valence-electron chi connectivity index (χ4n) is 2.69. The van der Waals surface area contributed by atoms with Gasteiger partial charge in [0.2, 0.25) is 0 Å². The monoisotopic (exact) mass is 208 g/mol. The average Bonchev–Trinajstić information content (AvgIpc) is 2.65. The number of nitrogens with one attached hydrogen (secondary N) is 1. The average molecular weight is 208 g/mol. The van der Waals surface area contributed by atoms with Crippen LogP contribution < -0.4 is 5.32 Å². The first kappa shape index (κ1) is 10.7. The van der Waals surface area contributed by atoms with Gasteiger partial charge in [-0.15, -0.1) is 0 Å². The zero-order valence-corrected chi connectivity index (χ0v) is 9.57. The number of rotatable bonds is 3. The fourth-order valence-corrected chi connectivity index (χ4v) is 2.69. The molecule has 3 heteroatoms. The Kier molecular flexibility index (Phi) is 3.41. The molecule has 1 aliphatic rings. The minimum atomic E-state index is 0.647. The maximum atomic E-state index is 5.20. The summed E-state index contributed by atoms with van der Waals surface area (Å²) in [5.74, 6) is 2.63. The highest BCUT2D eigenvalue weighted by molar-refractivity contribution is 4.89. The fraction of sp³-hybridized carbons (Fsp3) is 0.750. The van der Waals surface area contributed by atoms with Gasteiger partial charge < -0.3 is 9.73 Å². The summed E-state index contributed by atoms with van der Waals surface area (Å²) in [5.41, 5.74) is 0. The quantitative estimate of drug-likeness (QED) is 0.829. The molecule has 0 saturated heterocycles. The second kappa shape index (κ2) is 4.79. The lowest BCUT2D eigenvalue weighted by Crippen LogP contribution is -2.35. The van der Waals surface area contributed by atoms with E-state index in [4.69, 9.17) is 4.42 Å². The molecule has 0 bridgehead atoms. The van der Waals surface area contributed by atoms with Crippen LogP contribution in [0.3, 0.4) is 0 Å². The van der Waals surface area contributed by atoms with Gasteiger partial charge in [-0.25, -0.2) is 4.98 Å². The van der Waals surface area contributed by atoms with Gasteiger partial charge in [-0.1, -0.05) is 13.8 Å². The van der Waals surface area contributed by atoms with Gasteiger partial charge >= 0.3 is 0 Å². The molecule has 2 atom stereocenters. The Morgan fingerprint density at radius 3 is 2.67 bits per heavy atom. The highest BCUT2D eigenvalue weighted by Crippen LogP contribution is 2.28. The van der Waals surface area contributed by atoms with Crippen molar-refractivity contribution < 1.29 is 4.42 Å². The summed E-state index contributed by atoms with van der Waals surface area (Å²) in [7, 11) is 0. The summed E-state index contributed by atoms with van der Waals surface area (Å²) < 4.78 is 5.20. The van der Waals surface area contributed by atoms with Crippen molar-refractivity contribution in [1.29, 1.82) is 0 Å². The summed E-state index contributed by atoms with van der Waals surface area (Å²) in [6.45, 7) is 5.50. The highest BCUT2D eigenvalue weighted by Gasteiger charge is 2.23. The zero-order valence-electron chi connectivity index (χ0n) is 9.57. The predicted octanol–water partition coefficient (Wildman–Crippen LogP) is 2.59. The van der Waals surface area contributed by atoms with Crippen LogP contribution in [-0.4, -0.2) is 11.0 Å². The third-order valence-electron chi connectivity index (χ3n) is 3.23. The van der Waals surface area contributed by atoms with Gasteiger partial charge in [0.15, 0.2) is 6.39 Å². The molecule has 15 heavy (non-hydrogen) atoms. The highest BCUT2D eigenvalue weighted by atomic mass is 16.3. The summed E-state index contributed by atoms with van der Waals surface area (Å²) >= 11 is 0. The van der Waals surface area contributed by atoms with Gasteiger partial charge in [0.1, 0.15) is 5.76 Å². The Hall–Kier alpha value is -0.830. The molecule has 0 aliphatic heterocycles. The van der Waals surface area contributed by atoms with E-state index in [2.05, 4.69) is 24.1 Å². The van der Waals surface area contributed by atoms with Crippen LogP contribution >= 0.6 is 0 Å². The molecular weight excluding hydrogens is 188 g/mol. The molecule has 1 aliphatic carbocycles. The van der Waals surface area contributed by atoms with Crippen LogP contribution in [0, 0.1) is 11.8 Å². The van der Waals surface area contributed by atoms with Gasteiger partial charge in [0.25, 0.3) is 0 Å². The Morgan fingerprint density at radius 2 is 2.07 bits per heavy atom. The van der Waals surface area contributed by atoms with E-state index in [9.17, 15) is 0 Å². The number of oxazole rings is 1. The second-order valence-electron chi connectivity index (χ2n) is 4.96. The van der Waals surface area contributed by atoms with Gasteiger partial charge in [-0.05, 0) is 31.1 Å². The maximum absolute atomic E-state index is 5.20. The molecule has 0 spiro atoms. The smallest absolute Gasteiger partial charge is 0.180 e. The van der Waals surface area contributed by atoms with Crippen LogP contribution in [0.2, 0.25) is 0 Å². The first-order chi connectivity index (χ1) is 7.24. The molecule has 3 nitrogen and oxygen atoms in total. The van der Waals surface area contributed by atoms with E-state index < -0.39 is 0 Å². The first-order valence-corrected chi connectivity index (χ1v) is 5.84. The SMILES string of the molecule is CC1CC(C)CC(NCc2cnco2)C1. The molecule has 1 saturated carbocycles.